The van der Waals surface area contributed by atoms with E-state index in [4.69, 9.17) is 4.42 Å². The average Bonchev–Trinajstić information content (AvgIpc) is 2.86. The molecule has 20 heavy (non-hydrogen) atoms. The topological polar surface area (TPSA) is 58.3 Å². The minimum Gasteiger partial charge on any atom is -0.444 e. The van der Waals surface area contributed by atoms with Gasteiger partial charge in [0, 0.05) is 24.6 Å². The van der Waals surface area contributed by atoms with Crippen LogP contribution in [0.25, 0.3) is 0 Å². The van der Waals surface area contributed by atoms with E-state index in [0.29, 0.717) is 12.4 Å². The van der Waals surface area contributed by atoms with Gasteiger partial charge in [-0.3, -0.25) is 0 Å². The van der Waals surface area contributed by atoms with Crippen molar-refractivity contribution in [1.82, 2.24) is 10.3 Å². The molecule has 0 radical (unpaired) electrons. The normalized spacial score (nSPS) is 12.6. The fraction of sp³-hybridized carbons (Fsp3) is 0.357. The van der Waals surface area contributed by atoms with Gasteiger partial charge in [-0.1, -0.05) is 13.0 Å². The Bertz CT molecular complexity index is 572. The number of rotatable bonds is 6. The number of hydrogen-bond donors (Lipinski definition) is 2. The van der Waals surface area contributed by atoms with Crippen molar-refractivity contribution in [2.45, 2.75) is 26.0 Å². The summed E-state index contributed by atoms with van der Waals surface area (Å²) in [6.07, 6.45) is 1.35. The van der Waals surface area contributed by atoms with Crippen LogP contribution in [0.5, 0.6) is 0 Å². The summed E-state index contributed by atoms with van der Waals surface area (Å²) < 4.78 is 31.6. The summed E-state index contributed by atoms with van der Waals surface area (Å²) in [5, 5.41) is 12.8. The van der Waals surface area contributed by atoms with Gasteiger partial charge in [-0.15, -0.1) is 0 Å². The number of hydrogen-bond acceptors (Lipinski definition) is 4. The Labute approximate surface area is 115 Å². The Morgan fingerprint density at radius 3 is 2.85 bits per heavy atom. The lowest BCUT2D eigenvalue weighted by molar-refractivity contribution is 0.168. The molecule has 1 aromatic carbocycles. The number of aryl methyl sites for hydroxylation is 1. The number of aliphatic hydroxyl groups excluding tert-OH is 1. The first kappa shape index (κ1) is 14.6. The van der Waals surface area contributed by atoms with E-state index in [2.05, 4.69) is 10.3 Å². The molecule has 0 fully saturated rings. The molecule has 6 heteroatoms. The van der Waals surface area contributed by atoms with Crippen molar-refractivity contribution >= 4 is 0 Å². The molecule has 4 nitrogen and oxygen atoms in total. The Kier molecular flexibility index (Phi) is 4.81. The maximum absolute atomic E-state index is 13.4. The van der Waals surface area contributed by atoms with Crippen LogP contribution in [0.3, 0.4) is 0 Å². The molecule has 0 aliphatic carbocycles. The van der Waals surface area contributed by atoms with E-state index in [1.807, 2.05) is 6.92 Å². The van der Waals surface area contributed by atoms with E-state index in [0.717, 1.165) is 24.3 Å². The highest BCUT2D eigenvalue weighted by Gasteiger charge is 2.13. The molecule has 0 spiro atoms. The monoisotopic (exact) mass is 282 g/mol. The summed E-state index contributed by atoms with van der Waals surface area (Å²) in [4.78, 5) is 4.05. The first-order valence-electron chi connectivity index (χ1n) is 6.37. The SMILES string of the molecule is CCc1cnc(CNCC(O)c2ccc(F)cc2F)o1. The molecular formula is C14H16F2N2O2. The predicted molar refractivity (Wildman–Crippen MR) is 68.9 cm³/mol. The second-order valence-corrected chi connectivity index (χ2v) is 4.39. The van der Waals surface area contributed by atoms with Crippen LogP contribution in [0.1, 0.15) is 30.2 Å². The standard InChI is InChI=1S/C14H16F2N2O2/c1-2-10-6-18-14(20-10)8-17-7-13(19)11-4-3-9(15)5-12(11)16/h3-6,13,17,19H,2,7-8H2,1H3. The highest BCUT2D eigenvalue weighted by Crippen LogP contribution is 2.17. The minimum absolute atomic E-state index is 0.0561. The lowest BCUT2D eigenvalue weighted by Gasteiger charge is -2.12. The zero-order valence-corrected chi connectivity index (χ0v) is 11.1. The van der Waals surface area contributed by atoms with Crippen molar-refractivity contribution in [2.75, 3.05) is 6.54 Å². The van der Waals surface area contributed by atoms with Gasteiger partial charge >= 0.3 is 0 Å². The van der Waals surface area contributed by atoms with Crippen LogP contribution in [0.15, 0.2) is 28.8 Å². The molecule has 2 rings (SSSR count). The van der Waals surface area contributed by atoms with E-state index in [1.54, 1.807) is 6.20 Å². The molecule has 2 N–H and O–H groups in total. The van der Waals surface area contributed by atoms with E-state index >= 15 is 0 Å². The number of nitrogens with one attached hydrogen (secondary N) is 1. The molecule has 1 atom stereocenters. The molecule has 2 aromatic rings. The van der Waals surface area contributed by atoms with Crippen molar-refractivity contribution in [2.24, 2.45) is 0 Å². The van der Waals surface area contributed by atoms with Crippen molar-refractivity contribution in [1.29, 1.82) is 0 Å². The molecule has 1 heterocycles. The predicted octanol–water partition coefficient (Wildman–Crippen LogP) is 2.34. The Balaban J connectivity index is 1.87. The quantitative estimate of drug-likeness (QED) is 0.854. The molecule has 1 unspecified atom stereocenters. The van der Waals surface area contributed by atoms with Gasteiger partial charge in [0.25, 0.3) is 0 Å². The highest BCUT2D eigenvalue weighted by atomic mass is 19.1. The van der Waals surface area contributed by atoms with Gasteiger partial charge in [-0.2, -0.15) is 0 Å². The van der Waals surface area contributed by atoms with Crippen molar-refractivity contribution in [3.05, 3.63) is 53.2 Å². The highest BCUT2D eigenvalue weighted by molar-refractivity contribution is 5.21. The third kappa shape index (κ3) is 3.61. The van der Waals surface area contributed by atoms with Gasteiger partial charge in [0.15, 0.2) is 0 Å². The summed E-state index contributed by atoms with van der Waals surface area (Å²) in [7, 11) is 0. The second-order valence-electron chi connectivity index (χ2n) is 4.39. The van der Waals surface area contributed by atoms with Gasteiger partial charge in [0.2, 0.25) is 5.89 Å². The maximum atomic E-state index is 13.4. The molecule has 108 valence electrons. The fourth-order valence-electron chi connectivity index (χ4n) is 1.79. The van der Waals surface area contributed by atoms with Crippen LogP contribution in [-0.2, 0) is 13.0 Å². The van der Waals surface area contributed by atoms with Crippen molar-refractivity contribution in [3.8, 4) is 0 Å². The second kappa shape index (κ2) is 6.58. The van der Waals surface area contributed by atoms with E-state index in [-0.39, 0.29) is 12.1 Å². The van der Waals surface area contributed by atoms with Gasteiger partial charge in [-0.25, -0.2) is 13.8 Å². The zero-order valence-electron chi connectivity index (χ0n) is 11.1. The molecule has 1 aromatic heterocycles. The zero-order chi connectivity index (χ0) is 14.5. The molecule has 0 aliphatic rings. The van der Waals surface area contributed by atoms with Crippen LogP contribution < -0.4 is 5.32 Å². The lowest BCUT2D eigenvalue weighted by Crippen LogP contribution is -2.21. The van der Waals surface area contributed by atoms with Gasteiger partial charge in [-0.05, 0) is 6.07 Å². The molecule has 0 saturated heterocycles. The number of oxazole rings is 1. The number of aromatic nitrogens is 1. The first-order chi connectivity index (χ1) is 9.60. The van der Waals surface area contributed by atoms with Gasteiger partial charge in [0.05, 0.1) is 18.8 Å². The number of nitrogens with zero attached hydrogens (tertiary/aromatic N) is 1. The summed E-state index contributed by atoms with van der Waals surface area (Å²) in [5.74, 6) is -0.137. The van der Waals surface area contributed by atoms with Crippen molar-refractivity contribution in [3.63, 3.8) is 0 Å². The molecule has 0 bridgehead atoms. The summed E-state index contributed by atoms with van der Waals surface area (Å²) in [6, 6.07) is 3.10. The third-order valence-corrected chi connectivity index (χ3v) is 2.89. The summed E-state index contributed by atoms with van der Waals surface area (Å²) in [6.45, 7) is 2.41. The summed E-state index contributed by atoms with van der Waals surface area (Å²) >= 11 is 0. The molecular weight excluding hydrogens is 266 g/mol. The van der Waals surface area contributed by atoms with Crippen LogP contribution in [0.2, 0.25) is 0 Å². The van der Waals surface area contributed by atoms with Crippen LogP contribution in [0, 0.1) is 11.6 Å². The number of aliphatic hydroxyl groups is 1. The van der Waals surface area contributed by atoms with E-state index in [9.17, 15) is 13.9 Å². The third-order valence-electron chi connectivity index (χ3n) is 2.89. The van der Waals surface area contributed by atoms with Gasteiger partial charge in [0.1, 0.15) is 17.4 Å². The Morgan fingerprint density at radius 1 is 1.40 bits per heavy atom. The maximum Gasteiger partial charge on any atom is 0.208 e. The summed E-state index contributed by atoms with van der Waals surface area (Å²) in [5.41, 5.74) is 0.0561. The Hall–Kier alpha value is -1.79. The van der Waals surface area contributed by atoms with Crippen molar-refractivity contribution < 1.29 is 18.3 Å². The number of halogens is 2. The lowest BCUT2D eigenvalue weighted by atomic mass is 10.1. The van der Waals surface area contributed by atoms with Crippen LogP contribution >= 0.6 is 0 Å². The van der Waals surface area contributed by atoms with E-state index in [1.165, 1.54) is 6.07 Å². The average molecular weight is 282 g/mol. The molecule has 0 amide bonds. The van der Waals surface area contributed by atoms with Crippen LogP contribution in [0.4, 0.5) is 8.78 Å². The Morgan fingerprint density at radius 2 is 2.20 bits per heavy atom. The number of benzene rings is 1. The fourth-order valence-corrected chi connectivity index (χ4v) is 1.79. The van der Waals surface area contributed by atoms with Gasteiger partial charge < -0.3 is 14.8 Å². The molecule has 0 saturated carbocycles. The molecule has 0 aliphatic heterocycles. The smallest absolute Gasteiger partial charge is 0.208 e. The van der Waals surface area contributed by atoms with Crippen LogP contribution in [-0.4, -0.2) is 16.6 Å². The van der Waals surface area contributed by atoms with E-state index < -0.39 is 17.7 Å². The first-order valence-corrected chi connectivity index (χ1v) is 6.37. The minimum atomic E-state index is -1.06. The largest absolute Gasteiger partial charge is 0.444 e.